The van der Waals surface area contributed by atoms with Gasteiger partial charge in [0.2, 0.25) is 0 Å². The molecule has 4 heteroatoms. The largest absolute Gasteiger partial charge is 0.311 e. The zero-order valence-corrected chi connectivity index (χ0v) is 13.8. The molecule has 2 rings (SSSR count). The summed E-state index contributed by atoms with van der Waals surface area (Å²) in [6.07, 6.45) is 6.40. The topological polar surface area (TPSA) is 28.2 Å². The van der Waals surface area contributed by atoms with E-state index in [0.717, 1.165) is 25.4 Å². The second-order valence-corrected chi connectivity index (χ2v) is 7.00. The van der Waals surface area contributed by atoms with Crippen LogP contribution in [-0.4, -0.2) is 36.1 Å². The summed E-state index contributed by atoms with van der Waals surface area (Å²) >= 11 is 1.82. The van der Waals surface area contributed by atoms with Gasteiger partial charge in [0.15, 0.2) is 0 Å². The Morgan fingerprint density at radius 3 is 3.20 bits per heavy atom. The van der Waals surface area contributed by atoms with Crippen molar-refractivity contribution in [1.29, 1.82) is 0 Å². The molecule has 2 heterocycles. The highest BCUT2D eigenvalue weighted by molar-refractivity contribution is 7.09. The van der Waals surface area contributed by atoms with Gasteiger partial charge in [-0.1, -0.05) is 20.3 Å². The van der Waals surface area contributed by atoms with Gasteiger partial charge < -0.3 is 10.2 Å². The van der Waals surface area contributed by atoms with Crippen LogP contribution in [0.1, 0.15) is 50.2 Å². The highest BCUT2D eigenvalue weighted by Gasteiger charge is 2.16. The van der Waals surface area contributed by atoms with Crippen molar-refractivity contribution in [1.82, 2.24) is 15.2 Å². The molecule has 1 atom stereocenters. The monoisotopic (exact) mass is 295 g/mol. The van der Waals surface area contributed by atoms with Gasteiger partial charge in [0.25, 0.3) is 0 Å². The molecule has 0 aliphatic carbocycles. The van der Waals surface area contributed by atoms with Crippen LogP contribution < -0.4 is 5.32 Å². The second-order valence-electron chi connectivity index (χ2n) is 6.06. The molecule has 1 fully saturated rings. The Morgan fingerprint density at radius 2 is 2.40 bits per heavy atom. The Bertz CT molecular complexity index is 378. The Labute approximate surface area is 127 Å². The maximum Gasteiger partial charge on any atom is 0.0941 e. The van der Waals surface area contributed by atoms with Crippen LogP contribution in [0.15, 0.2) is 5.38 Å². The first-order valence-corrected chi connectivity index (χ1v) is 9.02. The summed E-state index contributed by atoms with van der Waals surface area (Å²) in [4.78, 5) is 7.35. The third kappa shape index (κ3) is 5.51. The molecular weight excluding hydrogens is 266 g/mol. The summed E-state index contributed by atoms with van der Waals surface area (Å²) in [7, 11) is 0. The fourth-order valence-electron chi connectivity index (χ4n) is 2.81. The summed E-state index contributed by atoms with van der Waals surface area (Å²) < 4.78 is 0. The van der Waals surface area contributed by atoms with Crippen molar-refractivity contribution >= 4 is 11.3 Å². The number of hydrogen-bond acceptors (Lipinski definition) is 4. The lowest BCUT2D eigenvalue weighted by molar-refractivity contribution is 0.186. The van der Waals surface area contributed by atoms with Crippen LogP contribution in [0.2, 0.25) is 0 Å². The molecule has 1 aliphatic heterocycles. The fourth-order valence-corrected chi connectivity index (χ4v) is 3.59. The van der Waals surface area contributed by atoms with Crippen molar-refractivity contribution in [3.05, 3.63) is 16.1 Å². The molecule has 1 unspecified atom stereocenters. The van der Waals surface area contributed by atoms with Crippen molar-refractivity contribution in [3.8, 4) is 0 Å². The molecule has 0 radical (unpaired) electrons. The average molecular weight is 295 g/mol. The summed E-state index contributed by atoms with van der Waals surface area (Å²) in [6.45, 7) is 10.4. The number of nitrogens with one attached hydrogen (secondary N) is 1. The van der Waals surface area contributed by atoms with Gasteiger partial charge in [-0.3, -0.25) is 0 Å². The minimum Gasteiger partial charge on any atom is -0.311 e. The average Bonchev–Trinajstić information content (AvgIpc) is 2.89. The van der Waals surface area contributed by atoms with Crippen LogP contribution in [0.4, 0.5) is 0 Å². The predicted octanol–water partition coefficient (Wildman–Crippen LogP) is 3.31. The number of likely N-dealkylation sites (tertiary alicyclic amines) is 1. The highest BCUT2D eigenvalue weighted by Crippen LogP contribution is 2.17. The van der Waals surface area contributed by atoms with Crippen molar-refractivity contribution in [2.45, 2.75) is 52.5 Å². The van der Waals surface area contributed by atoms with Crippen molar-refractivity contribution in [2.24, 2.45) is 5.92 Å². The minimum absolute atomic E-state index is 0.873. The molecule has 0 bridgehead atoms. The van der Waals surface area contributed by atoms with Crippen LogP contribution in [-0.2, 0) is 13.0 Å². The summed E-state index contributed by atoms with van der Waals surface area (Å²) in [6, 6.07) is 0. The SMILES string of the molecule is CCCCNCc1csc(CCN2CCCC(C)C2)n1. The Kier molecular flexibility index (Phi) is 6.97. The zero-order valence-electron chi connectivity index (χ0n) is 13.0. The van der Waals surface area contributed by atoms with E-state index in [1.165, 1.54) is 56.0 Å². The first kappa shape index (κ1) is 15.9. The van der Waals surface area contributed by atoms with Crippen molar-refractivity contribution in [2.75, 3.05) is 26.2 Å². The van der Waals surface area contributed by atoms with E-state index in [1.807, 2.05) is 11.3 Å². The van der Waals surface area contributed by atoms with E-state index in [2.05, 4.69) is 29.4 Å². The van der Waals surface area contributed by atoms with E-state index in [0.29, 0.717) is 0 Å². The Hall–Kier alpha value is -0.450. The number of rotatable bonds is 8. The maximum absolute atomic E-state index is 4.74. The van der Waals surface area contributed by atoms with Gasteiger partial charge in [0.1, 0.15) is 0 Å². The Morgan fingerprint density at radius 1 is 1.50 bits per heavy atom. The van der Waals surface area contributed by atoms with Crippen LogP contribution in [0.3, 0.4) is 0 Å². The molecule has 1 aromatic heterocycles. The van der Waals surface area contributed by atoms with Gasteiger partial charge >= 0.3 is 0 Å². The molecule has 1 saturated heterocycles. The zero-order chi connectivity index (χ0) is 14.2. The molecule has 0 aromatic carbocycles. The number of thiazole rings is 1. The van der Waals surface area contributed by atoms with Crippen LogP contribution in [0, 0.1) is 5.92 Å². The van der Waals surface area contributed by atoms with E-state index in [9.17, 15) is 0 Å². The summed E-state index contributed by atoms with van der Waals surface area (Å²) in [5, 5.41) is 6.98. The lowest BCUT2D eigenvalue weighted by atomic mass is 10.0. The van der Waals surface area contributed by atoms with E-state index in [-0.39, 0.29) is 0 Å². The standard InChI is InChI=1S/C16H29N3S/c1-3-4-8-17-11-15-13-20-16(18-15)7-10-19-9-5-6-14(2)12-19/h13-14,17H,3-12H2,1-2H3. The fraction of sp³-hybridized carbons (Fsp3) is 0.812. The normalized spacial score (nSPS) is 20.4. The van der Waals surface area contributed by atoms with Gasteiger partial charge in [-0.2, -0.15) is 0 Å². The summed E-state index contributed by atoms with van der Waals surface area (Å²) in [5.74, 6) is 0.873. The second kappa shape index (κ2) is 8.75. The molecule has 0 spiro atoms. The lowest BCUT2D eigenvalue weighted by Gasteiger charge is -2.30. The van der Waals surface area contributed by atoms with E-state index in [4.69, 9.17) is 4.98 Å². The number of hydrogen-bond donors (Lipinski definition) is 1. The van der Waals surface area contributed by atoms with Gasteiger partial charge in [-0.15, -0.1) is 11.3 Å². The number of piperidine rings is 1. The van der Waals surface area contributed by atoms with Gasteiger partial charge in [-0.25, -0.2) is 4.98 Å². The maximum atomic E-state index is 4.74. The summed E-state index contributed by atoms with van der Waals surface area (Å²) in [5.41, 5.74) is 1.22. The number of aromatic nitrogens is 1. The smallest absolute Gasteiger partial charge is 0.0941 e. The number of unbranched alkanes of at least 4 members (excludes halogenated alkanes) is 1. The third-order valence-corrected chi connectivity index (χ3v) is 4.95. The third-order valence-electron chi connectivity index (χ3n) is 4.00. The van der Waals surface area contributed by atoms with E-state index >= 15 is 0 Å². The van der Waals surface area contributed by atoms with Crippen molar-refractivity contribution in [3.63, 3.8) is 0 Å². The minimum atomic E-state index is 0.873. The molecule has 20 heavy (non-hydrogen) atoms. The van der Waals surface area contributed by atoms with Gasteiger partial charge in [0.05, 0.1) is 10.7 Å². The Balaban J connectivity index is 1.67. The highest BCUT2D eigenvalue weighted by atomic mass is 32.1. The number of nitrogens with zero attached hydrogens (tertiary/aromatic N) is 2. The van der Waals surface area contributed by atoms with Crippen LogP contribution in [0.25, 0.3) is 0 Å². The van der Waals surface area contributed by atoms with Crippen LogP contribution in [0.5, 0.6) is 0 Å². The molecule has 0 saturated carbocycles. The van der Waals surface area contributed by atoms with Gasteiger partial charge in [-0.05, 0) is 38.3 Å². The first-order valence-electron chi connectivity index (χ1n) is 8.14. The predicted molar refractivity (Wildman–Crippen MR) is 87.3 cm³/mol. The molecule has 3 nitrogen and oxygen atoms in total. The lowest BCUT2D eigenvalue weighted by Crippen LogP contribution is -2.35. The molecule has 1 N–H and O–H groups in total. The molecule has 114 valence electrons. The quantitative estimate of drug-likeness (QED) is 0.746. The first-order chi connectivity index (χ1) is 9.78. The molecule has 1 aliphatic rings. The molecule has 0 amide bonds. The molecular formula is C16H29N3S. The van der Waals surface area contributed by atoms with E-state index < -0.39 is 0 Å². The van der Waals surface area contributed by atoms with E-state index in [1.54, 1.807) is 0 Å². The van der Waals surface area contributed by atoms with Crippen LogP contribution >= 0.6 is 11.3 Å². The van der Waals surface area contributed by atoms with Crippen molar-refractivity contribution < 1.29 is 0 Å². The van der Waals surface area contributed by atoms with Gasteiger partial charge in [0, 0.05) is 31.4 Å². The molecule has 1 aromatic rings.